The van der Waals surface area contributed by atoms with Crippen LogP contribution >= 0.6 is 0 Å². The van der Waals surface area contributed by atoms with Gasteiger partial charge in [-0.1, -0.05) is 0 Å². The fourth-order valence-corrected chi connectivity index (χ4v) is 0.541. The van der Waals surface area contributed by atoms with Crippen LogP contribution in [0.5, 0.6) is 0 Å². The first-order chi connectivity index (χ1) is 4.57. The normalized spacial score (nSPS) is 13.6. The van der Waals surface area contributed by atoms with E-state index in [0.717, 1.165) is 0 Å². The SMILES string of the molecule is CC(CO)N(C)CC(N)=O. The fraction of sp³-hybridized carbons (Fsp3) is 0.833. The Balaban J connectivity index is 3.61. The van der Waals surface area contributed by atoms with Gasteiger partial charge >= 0.3 is 0 Å². The first-order valence-electron chi connectivity index (χ1n) is 3.17. The van der Waals surface area contributed by atoms with Crippen LogP contribution in [0.25, 0.3) is 0 Å². The van der Waals surface area contributed by atoms with Gasteiger partial charge in [0.1, 0.15) is 0 Å². The molecule has 0 radical (unpaired) electrons. The zero-order valence-corrected chi connectivity index (χ0v) is 6.37. The largest absolute Gasteiger partial charge is 0.395 e. The van der Waals surface area contributed by atoms with Crippen molar-refractivity contribution in [3.8, 4) is 0 Å². The minimum atomic E-state index is -0.372. The average Bonchev–Trinajstić information content (AvgIpc) is 1.85. The number of hydrogen-bond acceptors (Lipinski definition) is 3. The van der Waals surface area contributed by atoms with E-state index in [0.29, 0.717) is 0 Å². The molecule has 1 amide bonds. The van der Waals surface area contributed by atoms with Gasteiger partial charge in [0.15, 0.2) is 0 Å². The minimum Gasteiger partial charge on any atom is -0.395 e. The first kappa shape index (κ1) is 9.39. The third-order valence-corrected chi connectivity index (χ3v) is 1.42. The molecule has 3 N–H and O–H groups in total. The van der Waals surface area contributed by atoms with Gasteiger partial charge in [-0.15, -0.1) is 0 Å². The molecule has 0 aromatic heterocycles. The van der Waals surface area contributed by atoms with Crippen molar-refractivity contribution >= 4 is 5.91 Å². The number of carbonyl (C=O) groups excluding carboxylic acids is 1. The van der Waals surface area contributed by atoms with Crippen molar-refractivity contribution in [1.29, 1.82) is 0 Å². The van der Waals surface area contributed by atoms with Gasteiger partial charge in [-0.25, -0.2) is 0 Å². The smallest absolute Gasteiger partial charge is 0.231 e. The summed E-state index contributed by atoms with van der Waals surface area (Å²) in [6.45, 7) is 2.06. The van der Waals surface area contributed by atoms with Crippen LogP contribution in [0.1, 0.15) is 6.92 Å². The lowest BCUT2D eigenvalue weighted by Crippen LogP contribution is -2.38. The Hall–Kier alpha value is -0.610. The summed E-state index contributed by atoms with van der Waals surface area (Å²) in [7, 11) is 1.74. The van der Waals surface area contributed by atoms with Crippen molar-refractivity contribution in [3.63, 3.8) is 0 Å². The molecule has 0 aliphatic carbocycles. The Bertz CT molecular complexity index is 116. The molecule has 0 saturated heterocycles. The van der Waals surface area contributed by atoms with Gasteiger partial charge in [-0.2, -0.15) is 0 Å². The van der Waals surface area contributed by atoms with Crippen LogP contribution in [0, 0.1) is 0 Å². The van der Waals surface area contributed by atoms with Gasteiger partial charge in [-0.05, 0) is 14.0 Å². The zero-order valence-electron chi connectivity index (χ0n) is 6.37. The first-order valence-corrected chi connectivity index (χ1v) is 3.17. The lowest BCUT2D eigenvalue weighted by Gasteiger charge is -2.20. The summed E-state index contributed by atoms with van der Waals surface area (Å²) < 4.78 is 0. The van der Waals surface area contributed by atoms with Crippen LogP contribution in [0.15, 0.2) is 0 Å². The molecule has 1 unspecified atom stereocenters. The molecule has 0 rings (SSSR count). The molecular formula is C6H14N2O2. The lowest BCUT2D eigenvalue weighted by molar-refractivity contribution is -0.119. The Morgan fingerprint density at radius 3 is 2.60 bits per heavy atom. The molecule has 0 aliphatic rings. The molecule has 0 spiro atoms. The Morgan fingerprint density at radius 2 is 2.30 bits per heavy atom. The molecule has 1 atom stereocenters. The molecule has 60 valence electrons. The number of amides is 1. The van der Waals surface area contributed by atoms with E-state index in [4.69, 9.17) is 10.8 Å². The highest BCUT2D eigenvalue weighted by molar-refractivity contribution is 5.75. The maximum Gasteiger partial charge on any atom is 0.231 e. The minimum absolute atomic E-state index is 0.00694. The molecule has 0 aromatic rings. The number of nitrogens with two attached hydrogens (primary N) is 1. The van der Waals surface area contributed by atoms with Crippen LogP contribution in [0.3, 0.4) is 0 Å². The topological polar surface area (TPSA) is 66.6 Å². The zero-order chi connectivity index (χ0) is 8.15. The molecular weight excluding hydrogens is 132 g/mol. The van der Waals surface area contributed by atoms with Crippen molar-refractivity contribution in [1.82, 2.24) is 4.90 Å². The van der Waals surface area contributed by atoms with Crippen molar-refractivity contribution in [2.45, 2.75) is 13.0 Å². The second-order valence-corrected chi connectivity index (χ2v) is 2.41. The summed E-state index contributed by atoms with van der Waals surface area (Å²) in [5, 5.41) is 8.62. The molecule has 0 fully saturated rings. The lowest BCUT2D eigenvalue weighted by atomic mass is 10.3. The quantitative estimate of drug-likeness (QED) is 0.522. The van der Waals surface area contributed by atoms with Crippen LogP contribution in [0.2, 0.25) is 0 Å². The fourth-order valence-electron chi connectivity index (χ4n) is 0.541. The van der Waals surface area contributed by atoms with Crippen molar-refractivity contribution < 1.29 is 9.90 Å². The van der Waals surface area contributed by atoms with Crippen LogP contribution < -0.4 is 5.73 Å². The third-order valence-electron chi connectivity index (χ3n) is 1.42. The van der Waals surface area contributed by atoms with Crippen LogP contribution in [0.4, 0.5) is 0 Å². The molecule has 0 bridgehead atoms. The highest BCUT2D eigenvalue weighted by atomic mass is 16.3. The van der Waals surface area contributed by atoms with Gasteiger partial charge in [0.2, 0.25) is 5.91 Å². The van der Waals surface area contributed by atoms with Gasteiger partial charge in [0, 0.05) is 6.04 Å². The number of primary amides is 1. The maximum atomic E-state index is 10.3. The van der Waals surface area contributed by atoms with Crippen molar-refractivity contribution in [2.24, 2.45) is 5.73 Å². The summed E-state index contributed by atoms with van der Waals surface area (Å²) in [6.07, 6.45) is 0. The van der Waals surface area contributed by atoms with Crippen molar-refractivity contribution in [2.75, 3.05) is 20.2 Å². The van der Waals surface area contributed by atoms with E-state index in [9.17, 15) is 4.79 Å². The maximum absolute atomic E-state index is 10.3. The summed E-state index contributed by atoms with van der Waals surface area (Å²) in [6, 6.07) is -0.00694. The standard InChI is InChI=1S/C6H14N2O2/c1-5(4-9)8(2)3-6(7)10/h5,9H,3-4H2,1-2H3,(H2,7,10). The molecule has 0 aromatic carbocycles. The Labute approximate surface area is 60.6 Å². The second kappa shape index (κ2) is 4.24. The van der Waals surface area contributed by atoms with Crippen LogP contribution in [-0.2, 0) is 4.79 Å². The summed E-state index contributed by atoms with van der Waals surface area (Å²) in [4.78, 5) is 12.0. The predicted molar refractivity (Wildman–Crippen MR) is 38.4 cm³/mol. The van der Waals surface area contributed by atoms with E-state index in [1.165, 1.54) is 0 Å². The van der Waals surface area contributed by atoms with Gasteiger partial charge in [0.05, 0.1) is 13.2 Å². The van der Waals surface area contributed by atoms with E-state index in [-0.39, 0.29) is 25.1 Å². The van der Waals surface area contributed by atoms with E-state index in [2.05, 4.69) is 0 Å². The monoisotopic (exact) mass is 146 g/mol. The number of nitrogens with zero attached hydrogens (tertiary/aromatic N) is 1. The van der Waals surface area contributed by atoms with E-state index >= 15 is 0 Å². The molecule has 0 aliphatic heterocycles. The highest BCUT2D eigenvalue weighted by Gasteiger charge is 2.08. The molecule has 10 heavy (non-hydrogen) atoms. The van der Waals surface area contributed by atoms with E-state index < -0.39 is 0 Å². The summed E-state index contributed by atoms with van der Waals surface area (Å²) >= 11 is 0. The highest BCUT2D eigenvalue weighted by Crippen LogP contribution is 1.91. The third kappa shape index (κ3) is 3.42. The van der Waals surface area contributed by atoms with Gasteiger partial charge < -0.3 is 10.8 Å². The second-order valence-electron chi connectivity index (χ2n) is 2.41. The number of aliphatic hydroxyl groups is 1. The predicted octanol–water partition coefficient (Wildman–Crippen LogP) is -1.22. The Morgan fingerprint density at radius 1 is 1.80 bits per heavy atom. The number of hydrogen-bond donors (Lipinski definition) is 2. The number of likely N-dealkylation sites (N-methyl/N-ethyl adjacent to an activating group) is 1. The number of aliphatic hydroxyl groups excluding tert-OH is 1. The molecule has 0 saturated carbocycles. The summed E-state index contributed by atoms with van der Waals surface area (Å²) in [5.74, 6) is -0.372. The average molecular weight is 146 g/mol. The Kier molecular flexibility index (Phi) is 3.99. The summed E-state index contributed by atoms with van der Waals surface area (Å²) in [5.41, 5.74) is 4.92. The number of carbonyl (C=O) groups is 1. The molecule has 0 heterocycles. The van der Waals surface area contributed by atoms with E-state index in [1.54, 1.807) is 11.9 Å². The molecule has 4 heteroatoms. The van der Waals surface area contributed by atoms with Crippen molar-refractivity contribution in [3.05, 3.63) is 0 Å². The van der Waals surface area contributed by atoms with Gasteiger partial charge in [0.25, 0.3) is 0 Å². The van der Waals surface area contributed by atoms with Gasteiger partial charge in [-0.3, -0.25) is 9.69 Å². The van der Waals surface area contributed by atoms with Crippen LogP contribution in [-0.4, -0.2) is 42.2 Å². The number of rotatable bonds is 4. The van der Waals surface area contributed by atoms with E-state index in [1.807, 2.05) is 6.92 Å². The molecule has 4 nitrogen and oxygen atoms in total.